The van der Waals surface area contributed by atoms with Gasteiger partial charge < -0.3 is 4.74 Å². The Morgan fingerprint density at radius 1 is 0.786 bits per heavy atom. The van der Waals surface area contributed by atoms with Crippen molar-refractivity contribution in [3.63, 3.8) is 0 Å². The van der Waals surface area contributed by atoms with Crippen LogP contribution in [0, 0.1) is 5.82 Å². The van der Waals surface area contributed by atoms with E-state index in [1.54, 1.807) is 48.5 Å². The summed E-state index contributed by atoms with van der Waals surface area (Å²) in [5.41, 5.74) is 2.19. The van der Waals surface area contributed by atoms with E-state index in [1.165, 1.54) is 24.3 Å². The van der Waals surface area contributed by atoms with E-state index in [-0.39, 0.29) is 18.1 Å². The molecule has 0 aromatic heterocycles. The largest absolute Gasteiger partial charge is 0.457 e. The molecule has 3 aromatic carbocycles. The molecular formula is C22H19FO4S. The van der Waals surface area contributed by atoms with Gasteiger partial charge in [-0.3, -0.25) is 0 Å². The van der Waals surface area contributed by atoms with E-state index in [2.05, 4.69) is 0 Å². The highest BCUT2D eigenvalue weighted by atomic mass is 32.2. The molecule has 3 aromatic rings. The molecule has 0 aliphatic carbocycles. The predicted octanol–water partition coefficient (Wildman–Crippen LogP) is 4.30. The van der Waals surface area contributed by atoms with E-state index in [0.29, 0.717) is 16.7 Å². The zero-order valence-electron chi connectivity index (χ0n) is 15.0. The molecule has 0 fully saturated rings. The number of hydrogen-bond acceptors (Lipinski definition) is 4. The molecule has 0 saturated heterocycles. The molecule has 4 nitrogen and oxygen atoms in total. The van der Waals surface area contributed by atoms with Gasteiger partial charge in [0.25, 0.3) is 0 Å². The molecule has 0 aliphatic heterocycles. The van der Waals surface area contributed by atoms with Crippen molar-refractivity contribution in [2.45, 2.75) is 18.1 Å². The predicted molar refractivity (Wildman–Crippen MR) is 105 cm³/mol. The molecule has 0 unspecified atom stereocenters. The zero-order valence-corrected chi connectivity index (χ0v) is 15.9. The first kappa shape index (κ1) is 19.8. The minimum absolute atomic E-state index is 0.0364. The van der Waals surface area contributed by atoms with Crippen LogP contribution in [0.15, 0.2) is 78.9 Å². The number of ether oxygens (including phenoxy) is 1. The van der Waals surface area contributed by atoms with E-state index < -0.39 is 21.6 Å². The maximum absolute atomic E-state index is 13.1. The van der Waals surface area contributed by atoms with Crippen molar-refractivity contribution in [3.05, 3.63) is 107 Å². The Balaban J connectivity index is 1.58. The summed E-state index contributed by atoms with van der Waals surface area (Å²) >= 11 is 0. The fraction of sp³-hybridized carbons (Fsp3) is 0.136. The second-order valence-corrected chi connectivity index (χ2v) is 8.49. The number of carbonyl (C=O) groups excluding carboxylic acids is 1. The molecule has 0 amide bonds. The molecule has 28 heavy (non-hydrogen) atoms. The monoisotopic (exact) mass is 398 g/mol. The summed E-state index contributed by atoms with van der Waals surface area (Å²) in [6, 6.07) is 21.1. The number of carbonyl (C=O) groups is 1. The Bertz CT molecular complexity index is 1050. The van der Waals surface area contributed by atoms with E-state index >= 15 is 0 Å². The third kappa shape index (κ3) is 5.76. The van der Waals surface area contributed by atoms with Gasteiger partial charge in [0.15, 0.2) is 9.84 Å². The van der Waals surface area contributed by atoms with E-state index in [4.69, 9.17) is 4.74 Å². The van der Waals surface area contributed by atoms with Crippen LogP contribution in [0.4, 0.5) is 4.39 Å². The quantitative estimate of drug-likeness (QED) is 0.557. The minimum atomic E-state index is -3.32. The molecule has 0 atom stereocenters. The number of rotatable bonds is 7. The molecule has 0 radical (unpaired) electrons. The van der Waals surface area contributed by atoms with Gasteiger partial charge >= 0.3 is 5.97 Å². The number of halogens is 1. The summed E-state index contributed by atoms with van der Waals surface area (Å²) in [4.78, 5) is 12.1. The first-order chi connectivity index (χ1) is 13.4. The van der Waals surface area contributed by atoms with Gasteiger partial charge in [-0.15, -0.1) is 0 Å². The third-order valence-corrected chi connectivity index (χ3v) is 5.61. The highest BCUT2D eigenvalue weighted by Gasteiger charge is 2.14. The van der Waals surface area contributed by atoms with Crippen molar-refractivity contribution in [1.82, 2.24) is 0 Å². The van der Waals surface area contributed by atoms with Gasteiger partial charge in [0, 0.05) is 0 Å². The Morgan fingerprint density at radius 2 is 1.39 bits per heavy atom. The average Bonchev–Trinajstić information content (AvgIpc) is 2.67. The van der Waals surface area contributed by atoms with Crippen LogP contribution in [0.25, 0.3) is 0 Å². The smallest absolute Gasteiger partial charge is 0.338 e. The van der Waals surface area contributed by atoms with Crippen molar-refractivity contribution in [1.29, 1.82) is 0 Å². The van der Waals surface area contributed by atoms with Crippen LogP contribution in [0.5, 0.6) is 0 Å². The SMILES string of the molecule is O=C(OCc1cccc(F)c1)c1ccc(CS(=O)(=O)Cc2ccccc2)cc1. The van der Waals surface area contributed by atoms with Gasteiger partial charge in [0.1, 0.15) is 12.4 Å². The first-order valence-electron chi connectivity index (χ1n) is 8.66. The molecule has 0 aliphatic rings. The highest BCUT2D eigenvalue weighted by molar-refractivity contribution is 7.89. The maximum atomic E-state index is 13.1. The fourth-order valence-electron chi connectivity index (χ4n) is 2.73. The van der Waals surface area contributed by atoms with E-state index in [1.807, 2.05) is 6.07 Å². The van der Waals surface area contributed by atoms with Crippen LogP contribution < -0.4 is 0 Å². The molecule has 0 spiro atoms. The molecule has 0 saturated carbocycles. The Kier molecular flexibility index (Phi) is 6.21. The normalized spacial score (nSPS) is 11.2. The second kappa shape index (κ2) is 8.80. The lowest BCUT2D eigenvalue weighted by Crippen LogP contribution is -2.09. The summed E-state index contributed by atoms with van der Waals surface area (Å²) in [6.45, 7) is -0.0379. The molecular weight excluding hydrogens is 379 g/mol. The highest BCUT2D eigenvalue weighted by Crippen LogP contribution is 2.14. The Morgan fingerprint density at radius 3 is 2.04 bits per heavy atom. The standard InChI is InChI=1S/C22H19FO4S/c23-21-8-4-7-19(13-21)14-27-22(24)20-11-9-18(10-12-20)16-28(25,26)15-17-5-2-1-3-6-17/h1-13H,14-16H2. The van der Waals surface area contributed by atoms with Gasteiger partial charge in [-0.05, 0) is 41.0 Å². The van der Waals surface area contributed by atoms with Gasteiger partial charge in [-0.25, -0.2) is 17.6 Å². The minimum Gasteiger partial charge on any atom is -0.457 e. The average molecular weight is 398 g/mol. The number of hydrogen-bond donors (Lipinski definition) is 0. The Labute approximate surface area is 163 Å². The lowest BCUT2D eigenvalue weighted by molar-refractivity contribution is 0.0472. The van der Waals surface area contributed by atoms with Gasteiger partial charge in [-0.2, -0.15) is 0 Å². The second-order valence-electron chi connectivity index (χ2n) is 6.42. The van der Waals surface area contributed by atoms with Crippen molar-refractivity contribution >= 4 is 15.8 Å². The topological polar surface area (TPSA) is 60.4 Å². The van der Waals surface area contributed by atoms with E-state index in [9.17, 15) is 17.6 Å². The summed E-state index contributed by atoms with van der Waals surface area (Å²) < 4.78 is 43.0. The lowest BCUT2D eigenvalue weighted by atomic mass is 10.1. The molecule has 144 valence electrons. The number of benzene rings is 3. The summed E-state index contributed by atoms with van der Waals surface area (Å²) in [6.07, 6.45) is 0. The zero-order chi connectivity index (χ0) is 20.0. The van der Waals surface area contributed by atoms with Gasteiger partial charge in [0.05, 0.1) is 17.1 Å². The number of esters is 1. The maximum Gasteiger partial charge on any atom is 0.338 e. The van der Waals surface area contributed by atoms with Crippen LogP contribution in [-0.2, 0) is 32.7 Å². The van der Waals surface area contributed by atoms with Crippen molar-refractivity contribution in [3.8, 4) is 0 Å². The molecule has 6 heteroatoms. The van der Waals surface area contributed by atoms with E-state index in [0.717, 1.165) is 5.56 Å². The molecule has 0 N–H and O–H groups in total. The van der Waals surface area contributed by atoms with Crippen LogP contribution in [0.2, 0.25) is 0 Å². The fourth-order valence-corrected chi connectivity index (χ4v) is 4.23. The molecule has 0 heterocycles. The van der Waals surface area contributed by atoms with Crippen LogP contribution in [-0.4, -0.2) is 14.4 Å². The summed E-state index contributed by atoms with van der Waals surface area (Å²) in [5.74, 6) is -1.09. The van der Waals surface area contributed by atoms with Crippen LogP contribution in [0.1, 0.15) is 27.0 Å². The van der Waals surface area contributed by atoms with Crippen molar-refractivity contribution < 1.29 is 22.3 Å². The summed E-state index contributed by atoms with van der Waals surface area (Å²) in [5, 5.41) is 0. The van der Waals surface area contributed by atoms with Crippen LogP contribution in [0.3, 0.4) is 0 Å². The molecule has 3 rings (SSSR count). The molecule has 0 bridgehead atoms. The van der Waals surface area contributed by atoms with Gasteiger partial charge in [0.2, 0.25) is 0 Å². The lowest BCUT2D eigenvalue weighted by Gasteiger charge is -2.07. The first-order valence-corrected chi connectivity index (χ1v) is 10.5. The van der Waals surface area contributed by atoms with Gasteiger partial charge in [-0.1, -0.05) is 54.6 Å². The van der Waals surface area contributed by atoms with Crippen molar-refractivity contribution in [2.75, 3.05) is 0 Å². The van der Waals surface area contributed by atoms with Crippen LogP contribution >= 0.6 is 0 Å². The summed E-state index contributed by atoms with van der Waals surface area (Å²) in [7, 11) is -3.32. The Hall–Kier alpha value is -2.99. The number of sulfone groups is 1. The third-order valence-electron chi connectivity index (χ3n) is 4.06. The van der Waals surface area contributed by atoms with Crippen molar-refractivity contribution in [2.24, 2.45) is 0 Å².